The highest BCUT2D eigenvalue weighted by molar-refractivity contribution is 5.95. The van der Waals surface area contributed by atoms with Gasteiger partial charge in [-0.3, -0.25) is 4.79 Å². The van der Waals surface area contributed by atoms with E-state index in [9.17, 15) is 4.79 Å². The third kappa shape index (κ3) is 3.79. The van der Waals surface area contributed by atoms with Crippen LogP contribution in [0, 0.1) is 13.8 Å². The molecule has 5 nitrogen and oxygen atoms in total. The first kappa shape index (κ1) is 18.1. The molecule has 24 heavy (non-hydrogen) atoms. The Morgan fingerprint density at radius 1 is 1.17 bits per heavy atom. The number of nitrogens with zero attached hydrogens (tertiary/aromatic N) is 2. The number of carbonyl (C=O) groups excluding carboxylic acids is 1. The molecule has 0 unspecified atom stereocenters. The van der Waals surface area contributed by atoms with Crippen LogP contribution in [0.5, 0.6) is 5.75 Å². The molecule has 0 aliphatic rings. The molecular formula is C19H26N2O3. The molecule has 130 valence electrons. The van der Waals surface area contributed by atoms with Gasteiger partial charge in [-0.2, -0.15) is 0 Å². The molecule has 0 N–H and O–H groups in total. The van der Waals surface area contributed by atoms with Crippen molar-refractivity contribution in [2.45, 2.75) is 20.3 Å². The van der Waals surface area contributed by atoms with E-state index in [2.05, 4.69) is 4.57 Å². The van der Waals surface area contributed by atoms with E-state index in [-0.39, 0.29) is 5.91 Å². The molecule has 0 saturated heterocycles. The minimum Gasteiger partial charge on any atom is -0.497 e. The molecule has 0 fully saturated rings. The zero-order valence-electron chi connectivity index (χ0n) is 15.1. The largest absolute Gasteiger partial charge is 0.497 e. The predicted molar refractivity (Wildman–Crippen MR) is 95.2 cm³/mol. The van der Waals surface area contributed by atoms with Crippen molar-refractivity contribution in [2.75, 3.05) is 34.4 Å². The number of ether oxygens (including phenoxy) is 2. The highest BCUT2D eigenvalue weighted by Gasteiger charge is 2.19. The molecule has 2 rings (SSSR count). The van der Waals surface area contributed by atoms with Gasteiger partial charge in [0.1, 0.15) is 5.75 Å². The Labute approximate surface area is 143 Å². The first-order valence-corrected chi connectivity index (χ1v) is 8.07. The van der Waals surface area contributed by atoms with Crippen LogP contribution in [0.25, 0.3) is 5.69 Å². The molecule has 0 atom stereocenters. The van der Waals surface area contributed by atoms with Gasteiger partial charge in [0.2, 0.25) is 0 Å². The Hall–Kier alpha value is -2.27. The van der Waals surface area contributed by atoms with E-state index < -0.39 is 0 Å². The third-order valence-corrected chi connectivity index (χ3v) is 4.18. The van der Waals surface area contributed by atoms with Gasteiger partial charge in [-0.05, 0) is 50.6 Å². The fraction of sp³-hybridized carbons (Fsp3) is 0.421. The maximum Gasteiger partial charge on any atom is 0.255 e. The Morgan fingerprint density at radius 2 is 1.83 bits per heavy atom. The van der Waals surface area contributed by atoms with E-state index in [1.54, 1.807) is 19.1 Å². The Balaban J connectivity index is 2.26. The van der Waals surface area contributed by atoms with Crippen LogP contribution in [0.4, 0.5) is 0 Å². The number of benzene rings is 1. The van der Waals surface area contributed by atoms with Crippen LogP contribution in [-0.4, -0.2) is 49.8 Å². The van der Waals surface area contributed by atoms with Crippen LogP contribution in [0.15, 0.2) is 30.3 Å². The van der Waals surface area contributed by atoms with E-state index in [1.165, 1.54) is 0 Å². The van der Waals surface area contributed by atoms with Gasteiger partial charge in [-0.15, -0.1) is 0 Å². The lowest BCUT2D eigenvalue weighted by molar-refractivity contribution is 0.0778. The van der Waals surface area contributed by atoms with E-state index in [4.69, 9.17) is 9.47 Å². The van der Waals surface area contributed by atoms with E-state index >= 15 is 0 Å². The molecule has 2 aromatic rings. The van der Waals surface area contributed by atoms with Gasteiger partial charge in [0.25, 0.3) is 5.91 Å². The number of carbonyl (C=O) groups is 1. The summed E-state index contributed by atoms with van der Waals surface area (Å²) in [5.41, 5.74) is 3.74. The summed E-state index contributed by atoms with van der Waals surface area (Å²) in [4.78, 5) is 14.5. The van der Waals surface area contributed by atoms with Crippen molar-refractivity contribution in [3.05, 3.63) is 47.3 Å². The summed E-state index contributed by atoms with van der Waals surface area (Å²) < 4.78 is 12.3. The molecule has 0 aliphatic carbocycles. The Bertz CT molecular complexity index is 689. The molecule has 0 saturated carbocycles. The topological polar surface area (TPSA) is 43.7 Å². The van der Waals surface area contributed by atoms with Crippen LogP contribution in [0.1, 0.15) is 28.2 Å². The fourth-order valence-electron chi connectivity index (χ4n) is 2.86. The van der Waals surface area contributed by atoms with E-state index in [1.807, 2.05) is 51.2 Å². The summed E-state index contributed by atoms with van der Waals surface area (Å²) in [5, 5.41) is 0. The van der Waals surface area contributed by atoms with E-state index in [0.717, 1.165) is 34.8 Å². The summed E-state index contributed by atoms with van der Waals surface area (Å²) in [5.74, 6) is 0.856. The second-order valence-corrected chi connectivity index (χ2v) is 5.89. The zero-order chi connectivity index (χ0) is 17.7. The molecule has 0 aliphatic heterocycles. The maximum absolute atomic E-state index is 12.7. The van der Waals surface area contributed by atoms with Crippen molar-refractivity contribution in [1.82, 2.24) is 9.47 Å². The SMILES string of the molecule is COCCCN(C)C(=O)c1cc(C)n(-c2ccc(OC)cc2)c1C. The van der Waals surface area contributed by atoms with Crippen LogP contribution in [0.2, 0.25) is 0 Å². The first-order chi connectivity index (χ1) is 11.5. The monoisotopic (exact) mass is 330 g/mol. The van der Waals surface area contributed by atoms with Crippen LogP contribution < -0.4 is 4.74 Å². The number of amides is 1. The van der Waals surface area contributed by atoms with Gasteiger partial charge in [0, 0.05) is 44.4 Å². The fourth-order valence-corrected chi connectivity index (χ4v) is 2.86. The second kappa shape index (κ2) is 8.02. The molecule has 1 amide bonds. The summed E-state index contributed by atoms with van der Waals surface area (Å²) in [7, 11) is 5.15. The van der Waals surface area contributed by atoms with Crippen LogP contribution in [-0.2, 0) is 4.74 Å². The first-order valence-electron chi connectivity index (χ1n) is 8.07. The van der Waals surface area contributed by atoms with Crippen molar-refractivity contribution in [2.24, 2.45) is 0 Å². The summed E-state index contributed by atoms with van der Waals surface area (Å²) in [6.45, 7) is 5.33. The van der Waals surface area contributed by atoms with Gasteiger partial charge >= 0.3 is 0 Å². The number of hydrogen-bond acceptors (Lipinski definition) is 3. The van der Waals surface area contributed by atoms with Crippen LogP contribution >= 0.6 is 0 Å². The van der Waals surface area contributed by atoms with Gasteiger partial charge < -0.3 is 18.9 Å². The van der Waals surface area contributed by atoms with Crippen LogP contribution in [0.3, 0.4) is 0 Å². The molecule has 5 heteroatoms. The van der Waals surface area contributed by atoms with Gasteiger partial charge in [0.15, 0.2) is 0 Å². The highest BCUT2D eigenvalue weighted by Crippen LogP contribution is 2.23. The number of rotatable bonds is 7. The molecular weight excluding hydrogens is 304 g/mol. The molecule has 0 radical (unpaired) electrons. The highest BCUT2D eigenvalue weighted by atomic mass is 16.5. The maximum atomic E-state index is 12.7. The Morgan fingerprint density at radius 3 is 2.42 bits per heavy atom. The molecule has 0 spiro atoms. The van der Waals surface area contributed by atoms with Crippen molar-refractivity contribution >= 4 is 5.91 Å². The minimum absolute atomic E-state index is 0.0407. The average molecular weight is 330 g/mol. The average Bonchev–Trinajstić information content (AvgIpc) is 2.89. The number of aryl methyl sites for hydroxylation is 1. The number of methoxy groups -OCH3 is 2. The molecule has 1 aromatic carbocycles. The van der Waals surface area contributed by atoms with Crippen molar-refractivity contribution < 1.29 is 14.3 Å². The summed E-state index contributed by atoms with van der Waals surface area (Å²) in [6.07, 6.45) is 0.829. The normalized spacial score (nSPS) is 10.7. The third-order valence-electron chi connectivity index (χ3n) is 4.18. The van der Waals surface area contributed by atoms with Crippen molar-refractivity contribution in [3.8, 4) is 11.4 Å². The number of hydrogen-bond donors (Lipinski definition) is 0. The van der Waals surface area contributed by atoms with Gasteiger partial charge in [-0.25, -0.2) is 0 Å². The zero-order valence-corrected chi connectivity index (χ0v) is 15.1. The lowest BCUT2D eigenvalue weighted by Crippen LogP contribution is -2.28. The Kier molecular flexibility index (Phi) is 6.04. The predicted octanol–water partition coefficient (Wildman–Crippen LogP) is 3.21. The number of aromatic nitrogens is 1. The molecule has 0 bridgehead atoms. The summed E-state index contributed by atoms with van der Waals surface area (Å²) in [6, 6.07) is 9.79. The quantitative estimate of drug-likeness (QED) is 0.732. The van der Waals surface area contributed by atoms with Crippen molar-refractivity contribution in [3.63, 3.8) is 0 Å². The lowest BCUT2D eigenvalue weighted by atomic mass is 10.2. The second-order valence-electron chi connectivity index (χ2n) is 5.89. The van der Waals surface area contributed by atoms with Gasteiger partial charge in [0.05, 0.1) is 12.7 Å². The minimum atomic E-state index is 0.0407. The lowest BCUT2D eigenvalue weighted by Gasteiger charge is -2.17. The van der Waals surface area contributed by atoms with Gasteiger partial charge in [-0.1, -0.05) is 0 Å². The standard InChI is InChI=1S/C19H26N2O3/c1-14-13-18(19(22)20(3)11-6-12-23-4)15(2)21(14)16-7-9-17(24-5)10-8-16/h7-10,13H,6,11-12H2,1-5H3. The smallest absolute Gasteiger partial charge is 0.255 e. The van der Waals surface area contributed by atoms with Crippen molar-refractivity contribution in [1.29, 1.82) is 0 Å². The summed E-state index contributed by atoms with van der Waals surface area (Å²) >= 11 is 0. The van der Waals surface area contributed by atoms with E-state index in [0.29, 0.717) is 13.2 Å². The molecule has 1 aromatic heterocycles. The molecule has 1 heterocycles.